The zero-order chi connectivity index (χ0) is 23.6. The third kappa shape index (κ3) is 6.91. The van der Waals surface area contributed by atoms with Crippen LogP contribution in [-0.2, 0) is 23.1 Å². The van der Waals surface area contributed by atoms with Gasteiger partial charge >= 0.3 is 0 Å². The van der Waals surface area contributed by atoms with Crippen molar-refractivity contribution in [1.29, 1.82) is 0 Å². The fraction of sp³-hybridized carbons (Fsp3) is 0.500. The Kier molecular flexibility index (Phi) is 7.30. The number of pyridine rings is 1. The summed E-state index contributed by atoms with van der Waals surface area (Å²) in [6.45, 7) is 16.1. The molecule has 2 aromatic rings. The first kappa shape index (κ1) is 24.6. The van der Waals surface area contributed by atoms with Gasteiger partial charge in [-0.1, -0.05) is 40.7 Å². The van der Waals surface area contributed by atoms with Gasteiger partial charge in [-0.25, -0.2) is 0 Å². The number of nitrogens with one attached hydrogen (secondary N) is 1. The van der Waals surface area contributed by atoms with Crippen molar-refractivity contribution in [1.82, 2.24) is 10.3 Å². The smallest absolute Gasteiger partial charge is 0.270 e. The van der Waals surface area contributed by atoms with E-state index in [2.05, 4.69) is 44.9 Å². The van der Waals surface area contributed by atoms with Crippen LogP contribution in [0.2, 0.25) is 0 Å². The first-order valence-corrected chi connectivity index (χ1v) is 10.8. The number of hydrogen-bond donors (Lipinski definition) is 2. The highest BCUT2D eigenvalue weighted by Crippen LogP contribution is 2.35. The Morgan fingerprint density at radius 2 is 1.68 bits per heavy atom. The van der Waals surface area contributed by atoms with E-state index in [-0.39, 0.29) is 47.2 Å². The molecule has 0 spiro atoms. The van der Waals surface area contributed by atoms with Crippen molar-refractivity contribution in [2.75, 3.05) is 0 Å². The molecule has 2 N–H and O–H groups in total. The lowest BCUT2D eigenvalue weighted by atomic mass is 9.81. The molecule has 0 fully saturated rings. The molecule has 1 aromatic carbocycles. The fourth-order valence-electron chi connectivity index (χ4n) is 3.56. The van der Waals surface area contributed by atoms with Crippen molar-refractivity contribution in [3.63, 3.8) is 0 Å². The minimum absolute atomic E-state index is 0.0261. The predicted molar refractivity (Wildman–Crippen MR) is 125 cm³/mol. The number of phenols is 1. The normalized spacial score (nSPS) is 12.2. The fourth-order valence-corrected chi connectivity index (χ4v) is 3.56. The topological polar surface area (TPSA) is 79.3 Å². The molecule has 1 aromatic heterocycles. The number of aromatic hydroxyl groups is 1. The highest BCUT2D eigenvalue weighted by molar-refractivity contribution is 5.93. The van der Waals surface area contributed by atoms with Crippen LogP contribution in [0.4, 0.5) is 0 Å². The van der Waals surface area contributed by atoms with Gasteiger partial charge in [0.2, 0.25) is 0 Å². The molecule has 2 rings (SSSR count). The summed E-state index contributed by atoms with van der Waals surface area (Å²) >= 11 is 0. The van der Waals surface area contributed by atoms with E-state index >= 15 is 0 Å². The van der Waals surface area contributed by atoms with E-state index in [0.717, 1.165) is 22.3 Å². The van der Waals surface area contributed by atoms with E-state index in [0.29, 0.717) is 5.69 Å². The average Bonchev–Trinajstić information content (AvgIpc) is 2.59. The second-order valence-electron chi connectivity index (χ2n) is 10.6. The van der Waals surface area contributed by atoms with Gasteiger partial charge in [0.1, 0.15) is 17.2 Å². The Bertz CT molecular complexity index is 964. The van der Waals surface area contributed by atoms with Crippen LogP contribution in [-0.4, -0.2) is 27.3 Å². The average molecular weight is 425 g/mol. The molecule has 0 bridgehead atoms. The van der Waals surface area contributed by atoms with E-state index in [1.165, 1.54) is 0 Å². The van der Waals surface area contributed by atoms with Crippen LogP contribution in [0.3, 0.4) is 0 Å². The number of Topliss-reactive ketones (excluding diaryl/α,β-unsaturated/α-hetero) is 1. The summed E-state index contributed by atoms with van der Waals surface area (Å²) < 4.78 is 0. The van der Waals surface area contributed by atoms with Gasteiger partial charge in [0.25, 0.3) is 5.91 Å². The molecule has 0 saturated heterocycles. The summed E-state index contributed by atoms with van der Waals surface area (Å²) in [5.74, 6) is 0.229. The molecule has 0 atom stereocenters. The van der Waals surface area contributed by atoms with Crippen LogP contribution in [0.1, 0.15) is 94.1 Å². The number of phenolic OH excluding ortho intramolecular Hbond substituents is 1. The van der Waals surface area contributed by atoms with Crippen molar-refractivity contribution in [3.05, 3.63) is 58.4 Å². The zero-order valence-electron chi connectivity index (χ0n) is 20.1. The van der Waals surface area contributed by atoms with Crippen LogP contribution in [0.5, 0.6) is 5.75 Å². The Morgan fingerprint density at radius 3 is 2.23 bits per heavy atom. The number of carbonyl (C=O) groups excluding carboxylic acids is 2. The summed E-state index contributed by atoms with van der Waals surface area (Å²) in [5.41, 5.74) is 3.32. The summed E-state index contributed by atoms with van der Waals surface area (Å²) in [4.78, 5) is 29.4. The maximum atomic E-state index is 12.9. The molecule has 0 radical (unpaired) electrons. The Balaban J connectivity index is 2.22. The van der Waals surface area contributed by atoms with Crippen molar-refractivity contribution >= 4 is 11.7 Å². The summed E-state index contributed by atoms with van der Waals surface area (Å²) in [5, 5.41) is 13.4. The maximum Gasteiger partial charge on any atom is 0.270 e. The maximum absolute atomic E-state index is 12.9. The number of aromatic nitrogens is 1. The SMILES string of the molecule is CC(C)c1cc(C(C)(C)C)c(O)cc1CC(=O)Cc1ccnc(C(=O)NC(C)(C)C)c1. The van der Waals surface area contributed by atoms with E-state index in [9.17, 15) is 14.7 Å². The molecule has 0 aliphatic carbocycles. The summed E-state index contributed by atoms with van der Waals surface area (Å²) in [6, 6.07) is 7.20. The minimum atomic E-state index is -0.362. The van der Waals surface area contributed by atoms with E-state index in [4.69, 9.17) is 0 Å². The zero-order valence-corrected chi connectivity index (χ0v) is 20.1. The molecule has 0 aliphatic heterocycles. The Morgan fingerprint density at radius 1 is 1.03 bits per heavy atom. The number of carbonyl (C=O) groups is 2. The van der Waals surface area contributed by atoms with E-state index < -0.39 is 0 Å². The van der Waals surface area contributed by atoms with Gasteiger partial charge in [0, 0.05) is 24.6 Å². The van der Waals surface area contributed by atoms with Crippen molar-refractivity contribution < 1.29 is 14.7 Å². The van der Waals surface area contributed by atoms with Crippen molar-refractivity contribution in [2.24, 2.45) is 0 Å². The lowest BCUT2D eigenvalue weighted by Crippen LogP contribution is -2.40. The third-order valence-corrected chi connectivity index (χ3v) is 5.02. The van der Waals surface area contributed by atoms with Crippen LogP contribution in [0.15, 0.2) is 30.5 Å². The van der Waals surface area contributed by atoms with Gasteiger partial charge in [-0.2, -0.15) is 0 Å². The van der Waals surface area contributed by atoms with Gasteiger partial charge in [-0.05, 0) is 72.6 Å². The van der Waals surface area contributed by atoms with Gasteiger partial charge < -0.3 is 10.4 Å². The molecule has 0 unspecified atom stereocenters. The second-order valence-corrected chi connectivity index (χ2v) is 10.6. The number of hydrogen-bond acceptors (Lipinski definition) is 4. The third-order valence-electron chi connectivity index (χ3n) is 5.02. The lowest BCUT2D eigenvalue weighted by molar-refractivity contribution is -0.117. The summed E-state index contributed by atoms with van der Waals surface area (Å²) in [6.07, 6.45) is 2.00. The first-order valence-electron chi connectivity index (χ1n) is 10.8. The molecular weight excluding hydrogens is 388 g/mol. The molecule has 0 aliphatic rings. The monoisotopic (exact) mass is 424 g/mol. The van der Waals surface area contributed by atoms with Crippen LogP contribution in [0, 0.1) is 0 Å². The Labute approximate surface area is 186 Å². The van der Waals surface area contributed by atoms with Gasteiger partial charge in [-0.15, -0.1) is 0 Å². The van der Waals surface area contributed by atoms with Gasteiger partial charge in [0.15, 0.2) is 0 Å². The van der Waals surface area contributed by atoms with Gasteiger partial charge in [0.05, 0.1) is 0 Å². The number of nitrogens with zero attached hydrogens (tertiary/aromatic N) is 1. The standard InChI is InChI=1S/C26H36N2O3/c1-16(2)20-15-21(25(3,4)5)23(30)14-18(20)13-19(29)11-17-9-10-27-22(12-17)24(31)28-26(6,7)8/h9-10,12,14-16,30H,11,13H2,1-8H3,(H,28,31). The molecule has 0 saturated carbocycles. The molecular formula is C26H36N2O3. The molecule has 1 heterocycles. The highest BCUT2D eigenvalue weighted by Gasteiger charge is 2.22. The number of amides is 1. The number of benzene rings is 1. The van der Waals surface area contributed by atoms with Crippen LogP contribution >= 0.6 is 0 Å². The first-order chi connectivity index (χ1) is 14.2. The molecule has 5 nitrogen and oxygen atoms in total. The largest absolute Gasteiger partial charge is 0.508 e. The minimum Gasteiger partial charge on any atom is -0.508 e. The van der Waals surface area contributed by atoms with Crippen molar-refractivity contribution in [2.45, 2.75) is 85.1 Å². The quantitative estimate of drug-likeness (QED) is 0.677. The predicted octanol–water partition coefficient (Wildman–Crippen LogP) is 5.09. The van der Waals surface area contributed by atoms with Gasteiger partial charge in [-0.3, -0.25) is 14.6 Å². The lowest BCUT2D eigenvalue weighted by Gasteiger charge is -2.24. The molecule has 5 heteroatoms. The molecule has 1 amide bonds. The molecule has 31 heavy (non-hydrogen) atoms. The van der Waals surface area contributed by atoms with E-state index in [1.807, 2.05) is 26.8 Å². The highest BCUT2D eigenvalue weighted by atomic mass is 16.3. The van der Waals surface area contributed by atoms with Crippen molar-refractivity contribution in [3.8, 4) is 5.75 Å². The van der Waals surface area contributed by atoms with Crippen LogP contribution < -0.4 is 5.32 Å². The summed E-state index contributed by atoms with van der Waals surface area (Å²) in [7, 11) is 0. The van der Waals surface area contributed by atoms with E-state index in [1.54, 1.807) is 24.4 Å². The molecule has 168 valence electrons. The number of ketones is 1. The Hall–Kier alpha value is -2.69. The second kappa shape index (κ2) is 9.21. The number of rotatable bonds is 6. The van der Waals surface area contributed by atoms with Crippen LogP contribution in [0.25, 0.3) is 0 Å².